The second-order valence-electron chi connectivity index (χ2n) is 3.84. The zero-order chi connectivity index (χ0) is 13.0. The van der Waals surface area contributed by atoms with Crippen molar-refractivity contribution in [2.24, 2.45) is 0 Å². The molecule has 0 fully saturated rings. The van der Waals surface area contributed by atoms with Crippen molar-refractivity contribution in [3.8, 4) is 5.75 Å². The standard InChI is InChI=1S/C13H14FN3O/c1-9(13-8-15-5-6-16-13)17-12-7-10(18-2)3-4-11(12)14/h3-9,17H,1-2H3. The molecule has 1 unspecified atom stereocenters. The fourth-order valence-electron chi connectivity index (χ4n) is 1.58. The van der Waals surface area contributed by atoms with E-state index >= 15 is 0 Å². The maximum absolute atomic E-state index is 13.6. The Labute approximate surface area is 105 Å². The topological polar surface area (TPSA) is 47.0 Å². The summed E-state index contributed by atoms with van der Waals surface area (Å²) in [6.45, 7) is 1.89. The van der Waals surface area contributed by atoms with Crippen LogP contribution in [0.4, 0.5) is 10.1 Å². The Morgan fingerprint density at radius 3 is 2.83 bits per heavy atom. The maximum atomic E-state index is 13.6. The highest BCUT2D eigenvalue weighted by molar-refractivity contribution is 5.50. The van der Waals surface area contributed by atoms with Gasteiger partial charge in [0.1, 0.15) is 11.6 Å². The number of hydrogen-bond donors (Lipinski definition) is 1. The van der Waals surface area contributed by atoms with Crippen LogP contribution in [0.15, 0.2) is 36.8 Å². The van der Waals surface area contributed by atoms with Gasteiger partial charge in [-0.3, -0.25) is 9.97 Å². The number of ether oxygens (including phenoxy) is 1. The molecule has 0 saturated heterocycles. The molecule has 18 heavy (non-hydrogen) atoms. The first-order valence-electron chi connectivity index (χ1n) is 5.56. The van der Waals surface area contributed by atoms with Crippen molar-refractivity contribution >= 4 is 5.69 Å². The maximum Gasteiger partial charge on any atom is 0.146 e. The van der Waals surface area contributed by atoms with Crippen LogP contribution < -0.4 is 10.1 Å². The summed E-state index contributed by atoms with van der Waals surface area (Å²) in [5.74, 6) is 0.275. The van der Waals surface area contributed by atoms with Crippen LogP contribution in [0.3, 0.4) is 0 Å². The van der Waals surface area contributed by atoms with Crippen LogP contribution in [0.25, 0.3) is 0 Å². The first kappa shape index (κ1) is 12.3. The molecule has 1 N–H and O–H groups in total. The molecule has 0 spiro atoms. The average molecular weight is 247 g/mol. The van der Waals surface area contributed by atoms with Crippen molar-refractivity contribution in [3.05, 3.63) is 48.3 Å². The van der Waals surface area contributed by atoms with Crippen LogP contribution in [0.2, 0.25) is 0 Å². The van der Waals surface area contributed by atoms with E-state index in [-0.39, 0.29) is 11.9 Å². The molecule has 1 aromatic carbocycles. The summed E-state index contributed by atoms with van der Waals surface area (Å²) < 4.78 is 18.7. The molecule has 0 bridgehead atoms. The van der Waals surface area contributed by atoms with Gasteiger partial charge in [-0.2, -0.15) is 0 Å². The highest BCUT2D eigenvalue weighted by atomic mass is 19.1. The number of methoxy groups -OCH3 is 1. The zero-order valence-corrected chi connectivity index (χ0v) is 10.2. The predicted octanol–water partition coefficient (Wildman–Crippen LogP) is 2.80. The number of nitrogens with zero attached hydrogens (tertiary/aromatic N) is 2. The van der Waals surface area contributed by atoms with E-state index in [9.17, 15) is 4.39 Å². The van der Waals surface area contributed by atoms with E-state index < -0.39 is 0 Å². The van der Waals surface area contributed by atoms with E-state index in [0.717, 1.165) is 5.69 Å². The molecule has 1 atom stereocenters. The highest BCUT2D eigenvalue weighted by Gasteiger charge is 2.10. The fourth-order valence-corrected chi connectivity index (χ4v) is 1.58. The summed E-state index contributed by atoms with van der Waals surface area (Å²) >= 11 is 0. The molecule has 1 aromatic heterocycles. The van der Waals surface area contributed by atoms with Crippen LogP contribution in [-0.2, 0) is 0 Å². The van der Waals surface area contributed by atoms with E-state index in [4.69, 9.17) is 4.74 Å². The van der Waals surface area contributed by atoms with Gasteiger partial charge in [0.25, 0.3) is 0 Å². The van der Waals surface area contributed by atoms with Gasteiger partial charge in [0.05, 0.1) is 30.7 Å². The van der Waals surface area contributed by atoms with Crippen LogP contribution >= 0.6 is 0 Å². The molecule has 0 amide bonds. The minimum Gasteiger partial charge on any atom is -0.497 e. The molecule has 0 radical (unpaired) electrons. The molecule has 4 nitrogen and oxygen atoms in total. The summed E-state index contributed by atoms with van der Waals surface area (Å²) in [6.07, 6.45) is 4.85. The zero-order valence-electron chi connectivity index (χ0n) is 10.2. The van der Waals surface area contributed by atoms with Gasteiger partial charge in [-0.15, -0.1) is 0 Å². The number of halogens is 1. The fraction of sp³-hybridized carbons (Fsp3) is 0.231. The van der Waals surface area contributed by atoms with Crippen molar-refractivity contribution in [1.82, 2.24) is 9.97 Å². The van der Waals surface area contributed by atoms with E-state index in [0.29, 0.717) is 11.4 Å². The lowest BCUT2D eigenvalue weighted by Gasteiger charge is -2.15. The van der Waals surface area contributed by atoms with Gasteiger partial charge in [-0.1, -0.05) is 0 Å². The number of aromatic nitrogens is 2. The van der Waals surface area contributed by atoms with Gasteiger partial charge in [0.15, 0.2) is 0 Å². The summed E-state index contributed by atoms with van der Waals surface area (Å²) in [5.41, 5.74) is 1.13. The molecular weight excluding hydrogens is 233 g/mol. The minimum atomic E-state index is -0.327. The predicted molar refractivity (Wildman–Crippen MR) is 67.0 cm³/mol. The normalized spacial score (nSPS) is 11.9. The summed E-state index contributed by atoms with van der Waals surface area (Å²) in [7, 11) is 1.54. The first-order valence-corrected chi connectivity index (χ1v) is 5.56. The third-order valence-corrected chi connectivity index (χ3v) is 2.57. The summed E-state index contributed by atoms with van der Waals surface area (Å²) in [4.78, 5) is 8.15. The minimum absolute atomic E-state index is 0.139. The number of benzene rings is 1. The van der Waals surface area contributed by atoms with Crippen molar-refractivity contribution in [2.45, 2.75) is 13.0 Å². The van der Waals surface area contributed by atoms with Gasteiger partial charge in [0, 0.05) is 18.5 Å². The molecule has 0 saturated carbocycles. The van der Waals surface area contributed by atoms with Gasteiger partial charge in [0.2, 0.25) is 0 Å². The average Bonchev–Trinajstić information content (AvgIpc) is 2.42. The third-order valence-electron chi connectivity index (χ3n) is 2.57. The lowest BCUT2D eigenvalue weighted by atomic mass is 10.2. The lowest BCUT2D eigenvalue weighted by Crippen LogP contribution is -2.10. The molecule has 2 rings (SSSR count). The van der Waals surface area contributed by atoms with Crippen molar-refractivity contribution in [3.63, 3.8) is 0 Å². The Hall–Kier alpha value is -2.17. The molecule has 0 aliphatic carbocycles. The van der Waals surface area contributed by atoms with Gasteiger partial charge in [-0.05, 0) is 19.1 Å². The molecular formula is C13H14FN3O. The Bertz CT molecular complexity index is 519. The van der Waals surface area contributed by atoms with Crippen molar-refractivity contribution < 1.29 is 9.13 Å². The van der Waals surface area contributed by atoms with E-state index in [1.54, 1.807) is 37.8 Å². The molecule has 5 heteroatoms. The first-order chi connectivity index (χ1) is 8.70. The van der Waals surface area contributed by atoms with Crippen LogP contribution in [0, 0.1) is 5.82 Å². The second kappa shape index (κ2) is 5.44. The quantitative estimate of drug-likeness (QED) is 0.902. The van der Waals surface area contributed by atoms with E-state index in [2.05, 4.69) is 15.3 Å². The molecule has 2 aromatic rings. The van der Waals surface area contributed by atoms with E-state index in [1.807, 2.05) is 6.92 Å². The van der Waals surface area contributed by atoms with Crippen LogP contribution in [0.1, 0.15) is 18.7 Å². The Balaban J connectivity index is 2.18. The number of nitrogens with one attached hydrogen (secondary N) is 1. The molecule has 0 aliphatic rings. The summed E-state index contributed by atoms with van der Waals surface area (Å²) in [6, 6.07) is 4.42. The number of rotatable bonds is 4. The summed E-state index contributed by atoms with van der Waals surface area (Å²) in [5, 5.41) is 3.04. The Kier molecular flexibility index (Phi) is 3.72. The molecule has 0 aliphatic heterocycles. The van der Waals surface area contributed by atoms with Crippen molar-refractivity contribution in [2.75, 3.05) is 12.4 Å². The smallest absolute Gasteiger partial charge is 0.146 e. The van der Waals surface area contributed by atoms with Gasteiger partial charge >= 0.3 is 0 Å². The molecule has 94 valence electrons. The number of anilines is 1. The van der Waals surface area contributed by atoms with Crippen LogP contribution in [0.5, 0.6) is 5.75 Å². The van der Waals surface area contributed by atoms with E-state index in [1.165, 1.54) is 6.07 Å². The highest BCUT2D eigenvalue weighted by Crippen LogP contribution is 2.24. The van der Waals surface area contributed by atoms with Crippen LogP contribution in [-0.4, -0.2) is 17.1 Å². The Morgan fingerprint density at radius 2 is 2.17 bits per heavy atom. The Morgan fingerprint density at radius 1 is 1.33 bits per heavy atom. The van der Waals surface area contributed by atoms with Gasteiger partial charge in [-0.25, -0.2) is 4.39 Å². The monoisotopic (exact) mass is 247 g/mol. The molecule has 1 heterocycles. The second-order valence-corrected chi connectivity index (χ2v) is 3.84. The lowest BCUT2D eigenvalue weighted by molar-refractivity contribution is 0.414. The third kappa shape index (κ3) is 2.74. The van der Waals surface area contributed by atoms with Crippen molar-refractivity contribution in [1.29, 1.82) is 0 Å². The largest absolute Gasteiger partial charge is 0.497 e. The number of hydrogen-bond acceptors (Lipinski definition) is 4. The SMILES string of the molecule is COc1ccc(F)c(NC(C)c2cnccn2)c1. The van der Waals surface area contributed by atoms with Gasteiger partial charge < -0.3 is 10.1 Å².